The Labute approximate surface area is 133 Å². The standard InChI is InChI=1S/C21H23N/c1-14(2)17-9-7-10-18(15(3)4)21(17)20-13-12-16-8-5-6-11-19(16)22-20/h5-15H,1-4H3. The number of fused-ring (bicyclic) bond motifs is 1. The van der Waals surface area contributed by atoms with Gasteiger partial charge in [0.2, 0.25) is 0 Å². The Morgan fingerprint density at radius 1 is 0.682 bits per heavy atom. The minimum Gasteiger partial charge on any atom is -0.248 e. The lowest BCUT2D eigenvalue weighted by molar-refractivity contribution is 0.836. The highest BCUT2D eigenvalue weighted by Gasteiger charge is 2.16. The molecule has 0 spiro atoms. The van der Waals surface area contributed by atoms with Gasteiger partial charge in [-0.3, -0.25) is 0 Å². The summed E-state index contributed by atoms with van der Waals surface area (Å²) < 4.78 is 0. The molecule has 0 saturated heterocycles. The third-order valence-electron chi connectivity index (χ3n) is 4.23. The molecule has 0 saturated carbocycles. The molecule has 1 aromatic heterocycles. The Bertz CT molecular complexity index is 774. The molecule has 0 atom stereocenters. The van der Waals surface area contributed by atoms with E-state index in [0.717, 1.165) is 11.2 Å². The molecule has 1 heterocycles. The summed E-state index contributed by atoms with van der Waals surface area (Å²) in [6, 6.07) is 19.3. The molecule has 3 rings (SSSR count). The third kappa shape index (κ3) is 2.64. The molecule has 3 aromatic rings. The zero-order valence-electron chi connectivity index (χ0n) is 13.8. The van der Waals surface area contributed by atoms with E-state index in [2.05, 4.69) is 82.3 Å². The van der Waals surface area contributed by atoms with E-state index in [1.807, 2.05) is 0 Å². The van der Waals surface area contributed by atoms with Crippen molar-refractivity contribution in [1.82, 2.24) is 4.98 Å². The van der Waals surface area contributed by atoms with Crippen LogP contribution in [0.15, 0.2) is 54.6 Å². The molecule has 0 aliphatic carbocycles. The van der Waals surface area contributed by atoms with E-state index in [-0.39, 0.29) is 0 Å². The summed E-state index contributed by atoms with van der Waals surface area (Å²) in [4.78, 5) is 4.93. The van der Waals surface area contributed by atoms with Gasteiger partial charge >= 0.3 is 0 Å². The fourth-order valence-electron chi connectivity index (χ4n) is 3.05. The van der Waals surface area contributed by atoms with Crippen LogP contribution < -0.4 is 0 Å². The second kappa shape index (κ2) is 5.92. The molecule has 112 valence electrons. The summed E-state index contributed by atoms with van der Waals surface area (Å²) in [5, 5.41) is 1.19. The summed E-state index contributed by atoms with van der Waals surface area (Å²) in [6.07, 6.45) is 0. The first kappa shape index (κ1) is 14.8. The predicted octanol–water partition coefficient (Wildman–Crippen LogP) is 6.15. The molecule has 0 bridgehead atoms. The van der Waals surface area contributed by atoms with E-state index in [9.17, 15) is 0 Å². The maximum Gasteiger partial charge on any atom is 0.0715 e. The van der Waals surface area contributed by atoms with Crippen LogP contribution in [0.1, 0.15) is 50.7 Å². The Morgan fingerprint density at radius 3 is 1.95 bits per heavy atom. The number of rotatable bonds is 3. The van der Waals surface area contributed by atoms with Crippen LogP contribution >= 0.6 is 0 Å². The Morgan fingerprint density at radius 2 is 1.32 bits per heavy atom. The van der Waals surface area contributed by atoms with Crippen molar-refractivity contribution in [2.45, 2.75) is 39.5 Å². The van der Waals surface area contributed by atoms with Crippen LogP contribution in [-0.4, -0.2) is 4.98 Å². The first-order valence-corrected chi connectivity index (χ1v) is 8.07. The Kier molecular flexibility index (Phi) is 3.98. The monoisotopic (exact) mass is 289 g/mol. The largest absolute Gasteiger partial charge is 0.248 e. The summed E-state index contributed by atoms with van der Waals surface area (Å²) >= 11 is 0. The highest BCUT2D eigenvalue weighted by molar-refractivity contribution is 5.82. The highest BCUT2D eigenvalue weighted by Crippen LogP contribution is 2.35. The average molecular weight is 289 g/mol. The van der Waals surface area contributed by atoms with Crippen molar-refractivity contribution >= 4 is 10.9 Å². The summed E-state index contributed by atoms with van der Waals surface area (Å²) in [5.41, 5.74) is 6.24. The minimum atomic E-state index is 0.488. The number of aromatic nitrogens is 1. The average Bonchev–Trinajstić information content (AvgIpc) is 2.53. The second-order valence-electron chi connectivity index (χ2n) is 6.51. The predicted molar refractivity (Wildman–Crippen MR) is 95.4 cm³/mol. The van der Waals surface area contributed by atoms with Gasteiger partial charge in [-0.15, -0.1) is 0 Å². The lowest BCUT2D eigenvalue weighted by atomic mass is 9.87. The van der Waals surface area contributed by atoms with Gasteiger partial charge in [0.15, 0.2) is 0 Å². The van der Waals surface area contributed by atoms with Crippen LogP contribution in [0.3, 0.4) is 0 Å². The Balaban J connectivity index is 2.28. The highest BCUT2D eigenvalue weighted by atomic mass is 14.7. The van der Waals surface area contributed by atoms with Gasteiger partial charge in [-0.1, -0.05) is 70.2 Å². The number of para-hydroxylation sites is 1. The topological polar surface area (TPSA) is 12.9 Å². The van der Waals surface area contributed by atoms with Crippen LogP contribution in [0.5, 0.6) is 0 Å². The molecule has 0 unspecified atom stereocenters. The molecule has 0 radical (unpaired) electrons. The molecule has 0 aliphatic rings. The Hall–Kier alpha value is -2.15. The fourth-order valence-corrected chi connectivity index (χ4v) is 3.05. The number of pyridine rings is 1. The lowest BCUT2D eigenvalue weighted by Gasteiger charge is -2.19. The smallest absolute Gasteiger partial charge is 0.0715 e. The molecule has 0 fully saturated rings. The van der Waals surface area contributed by atoms with Gasteiger partial charge in [-0.25, -0.2) is 4.98 Å². The molecule has 1 heteroatoms. The number of nitrogens with zero attached hydrogens (tertiary/aromatic N) is 1. The van der Waals surface area contributed by atoms with Crippen molar-refractivity contribution in [2.75, 3.05) is 0 Å². The van der Waals surface area contributed by atoms with E-state index in [1.54, 1.807) is 0 Å². The second-order valence-corrected chi connectivity index (χ2v) is 6.51. The van der Waals surface area contributed by atoms with Crippen LogP contribution in [0.2, 0.25) is 0 Å². The zero-order valence-corrected chi connectivity index (χ0v) is 13.8. The van der Waals surface area contributed by atoms with Gasteiger partial charge < -0.3 is 0 Å². The minimum absolute atomic E-state index is 0.488. The summed E-state index contributed by atoms with van der Waals surface area (Å²) in [6.45, 7) is 9.02. The van der Waals surface area contributed by atoms with E-state index < -0.39 is 0 Å². The van der Waals surface area contributed by atoms with E-state index >= 15 is 0 Å². The van der Waals surface area contributed by atoms with Crippen LogP contribution in [0, 0.1) is 0 Å². The zero-order chi connectivity index (χ0) is 15.7. The number of hydrogen-bond acceptors (Lipinski definition) is 1. The number of benzene rings is 2. The molecule has 22 heavy (non-hydrogen) atoms. The van der Waals surface area contributed by atoms with Crippen molar-refractivity contribution < 1.29 is 0 Å². The van der Waals surface area contributed by atoms with Crippen molar-refractivity contribution in [3.05, 3.63) is 65.7 Å². The maximum atomic E-state index is 4.93. The molecule has 0 N–H and O–H groups in total. The van der Waals surface area contributed by atoms with Crippen molar-refractivity contribution in [2.24, 2.45) is 0 Å². The molecular weight excluding hydrogens is 266 g/mol. The van der Waals surface area contributed by atoms with Crippen LogP contribution in [0.4, 0.5) is 0 Å². The van der Waals surface area contributed by atoms with Crippen molar-refractivity contribution in [3.8, 4) is 11.3 Å². The van der Waals surface area contributed by atoms with E-state index in [0.29, 0.717) is 11.8 Å². The molecule has 0 amide bonds. The third-order valence-corrected chi connectivity index (χ3v) is 4.23. The van der Waals surface area contributed by atoms with Crippen LogP contribution in [-0.2, 0) is 0 Å². The first-order valence-electron chi connectivity index (χ1n) is 8.07. The van der Waals surface area contributed by atoms with Gasteiger partial charge in [-0.05, 0) is 35.1 Å². The van der Waals surface area contributed by atoms with Gasteiger partial charge in [0.1, 0.15) is 0 Å². The summed E-state index contributed by atoms with van der Waals surface area (Å²) in [7, 11) is 0. The normalized spacial score (nSPS) is 11.5. The SMILES string of the molecule is CC(C)c1cccc(C(C)C)c1-c1ccc2ccccc2n1. The maximum absolute atomic E-state index is 4.93. The van der Waals surface area contributed by atoms with E-state index in [4.69, 9.17) is 4.98 Å². The number of hydrogen-bond donors (Lipinski definition) is 0. The van der Waals surface area contributed by atoms with Crippen molar-refractivity contribution in [3.63, 3.8) is 0 Å². The molecule has 0 aliphatic heterocycles. The first-order chi connectivity index (χ1) is 10.6. The lowest BCUT2D eigenvalue weighted by Crippen LogP contribution is -2.01. The molecular formula is C21H23N. The molecule has 1 nitrogen and oxygen atoms in total. The van der Waals surface area contributed by atoms with Gasteiger partial charge in [0, 0.05) is 10.9 Å². The summed E-state index contributed by atoms with van der Waals surface area (Å²) in [5.74, 6) is 0.976. The van der Waals surface area contributed by atoms with Gasteiger partial charge in [0.05, 0.1) is 11.2 Å². The van der Waals surface area contributed by atoms with Crippen molar-refractivity contribution in [1.29, 1.82) is 0 Å². The van der Waals surface area contributed by atoms with E-state index in [1.165, 1.54) is 22.1 Å². The molecule has 2 aromatic carbocycles. The fraction of sp³-hybridized carbons (Fsp3) is 0.286. The quantitative estimate of drug-likeness (QED) is 0.563. The van der Waals surface area contributed by atoms with Crippen LogP contribution in [0.25, 0.3) is 22.2 Å². The van der Waals surface area contributed by atoms with Gasteiger partial charge in [-0.2, -0.15) is 0 Å². The van der Waals surface area contributed by atoms with Gasteiger partial charge in [0.25, 0.3) is 0 Å².